The summed E-state index contributed by atoms with van der Waals surface area (Å²) in [6.07, 6.45) is 4.20. The lowest BCUT2D eigenvalue weighted by atomic mass is 9.91. The molecule has 4 N–H and O–H groups in total. The summed E-state index contributed by atoms with van der Waals surface area (Å²) >= 11 is 0. The van der Waals surface area contributed by atoms with Gasteiger partial charge in [0.1, 0.15) is 11.6 Å². The van der Waals surface area contributed by atoms with Gasteiger partial charge in [0.25, 0.3) is 0 Å². The number of nitrogens with one attached hydrogen (secondary N) is 4. The second kappa shape index (κ2) is 8.32. The van der Waals surface area contributed by atoms with Gasteiger partial charge in [0, 0.05) is 41.3 Å². The van der Waals surface area contributed by atoms with Gasteiger partial charge in [-0.1, -0.05) is 13.8 Å². The highest BCUT2D eigenvalue weighted by Gasteiger charge is 2.27. The van der Waals surface area contributed by atoms with Crippen molar-refractivity contribution < 1.29 is 4.39 Å². The lowest BCUT2D eigenvalue weighted by molar-refractivity contribution is 0.289. The highest BCUT2D eigenvalue weighted by Crippen LogP contribution is 2.27. The van der Waals surface area contributed by atoms with E-state index in [1.165, 1.54) is 12.1 Å². The van der Waals surface area contributed by atoms with Gasteiger partial charge in [0.2, 0.25) is 5.95 Å². The maximum atomic E-state index is 13.9. The summed E-state index contributed by atoms with van der Waals surface area (Å²) in [6, 6.07) is 7.69. The zero-order valence-electron chi connectivity index (χ0n) is 17.1. The van der Waals surface area contributed by atoms with Gasteiger partial charge in [-0.2, -0.15) is 10.1 Å². The molecule has 3 atom stereocenters. The molecule has 1 aliphatic heterocycles. The van der Waals surface area contributed by atoms with Crippen LogP contribution < -0.4 is 16.0 Å². The monoisotopic (exact) mass is 397 g/mol. The highest BCUT2D eigenvalue weighted by atomic mass is 19.1. The van der Waals surface area contributed by atoms with Gasteiger partial charge in [-0.15, -0.1) is 0 Å². The Morgan fingerprint density at radius 3 is 2.52 bits per heavy atom. The zero-order chi connectivity index (χ0) is 20.4. The second-order valence-corrected chi connectivity index (χ2v) is 7.81. The number of anilines is 3. The Morgan fingerprint density at radius 2 is 1.86 bits per heavy atom. The number of piperidine rings is 1. The van der Waals surface area contributed by atoms with Crippen LogP contribution in [-0.2, 0) is 0 Å². The molecule has 1 aliphatic rings. The number of aromatic nitrogens is 4. The molecule has 0 spiro atoms. The van der Waals surface area contributed by atoms with Crippen LogP contribution in [0.4, 0.5) is 22.0 Å². The number of rotatable bonds is 6. The first-order valence-electron chi connectivity index (χ1n) is 10.3. The summed E-state index contributed by atoms with van der Waals surface area (Å²) < 4.78 is 13.9. The first-order valence-corrected chi connectivity index (χ1v) is 10.3. The van der Waals surface area contributed by atoms with Crippen molar-refractivity contribution in [1.82, 2.24) is 25.5 Å². The average molecular weight is 398 g/mol. The van der Waals surface area contributed by atoms with E-state index in [1.807, 2.05) is 13.0 Å². The summed E-state index contributed by atoms with van der Waals surface area (Å²) in [5.41, 5.74) is 1.51. The molecule has 2 aromatic heterocycles. The van der Waals surface area contributed by atoms with E-state index < -0.39 is 0 Å². The molecule has 4 rings (SSSR count). The molecule has 3 heterocycles. The predicted octanol–water partition coefficient (Wildman–Crippen LogP) is 4.27. The van der Waals surface area contributed by atoms with Crippen molar-refractivity contribution >= 4 is 28.5 Å². The number of fused-ring (bicyclic) bond motifs is 1. The number of aryl methyl sites for hydroxylation is 1. The Labute approximate surface area is 169 Å². The standard InChI is InChI=1S/C21H28FN7/c1-4-14-10-16(11-15(5-2)23-14)24-21-25-18-9-13(22)6-7-17(18)20(27-21)26-19-8-12(3)28-29-19/h6-9,14-16,23H,4-5,10-11H2,1-3H3,(H3,24,25,26,27,28,29)/t14-,15?,16?/m0/s1. The van der Waals surface area contributed by atoms with Crippen molar-refractivity contribution in [3.05, 3.63) is 35.8 Å². The van der Waals surface area contributed by atoms with Crippen LogP contribution in [0.5, 0.6) is 0 Å². The first-order chi connectivity index (χ1) is 14.0. The Morgan fingerprint density at radius 1 is 1.10 bits per heavy atom. The van der Waals surface area contributed by atoms with Gasteiger partial charge in [-0.25, -0.2) is 9.37 Å². The number of aromatic amines is 1. The maximum absolute atomic E-state index is 13.9. The van der Waals surface area contributed by atoms with E-state index in [-0.39, 0.29) is 11.9 Å². The van der Waals surface area contributed by atoms with E-state index in [4.69, 9.17) is 4.98 Å². The molecule has 1 aromatic carbocycles. The summed E-state index contributed by atoms with van der Waals surface area (Å²) in [6.45, 7) is 6.34. The Kier molecular flexibility index (Phi) is 5.62. The first kappa shape index (κ1) is 19.6. The number of benzene rings is 1. The maximum Gasteiger partial charge on any atom is 0.225 e. The van der Waals surface area contributed by atoms with Gasteiger partial charge in [-0.3, -0.25) is 5.10 Å². The van der Waals surface area contributed by atoms with Crippen molar-refractivity contribution in [3.8, 4) is 0 Å². The zero-order valence-corrected chi connectivity index (χ0v) is 17.1. The van der Waals surface area contributed by atoms with Gasteiger partial charge >= 0.3 is 0 Å². The van der Waals surface area contributed by atoms with Crippen LogP contribution in [0, 0.1) is 12.7 Å². The van der Waals surface area contributed by atoms with Gasteiger partial charge in [-0.05, 0) is 44.7 Å². The van der Waals surface area contributed by atoms with E-state index in [9.17, 15) is 4.39 Å². The molecule has 0 bridgehead atoms. The van der Waals surface area contributed by atoms with Crippen molar-refractivity contribution in [2.45, 2.75) is 64.6 Å². The highest BCUT2D eigenvalue weighted by molar-refractivity contribution is 5.91. The topological polar surface area (TPSA) is 90.5 Å². The molecule has 1 saturated heterocycles. The largest absolute Gasteiger partial charge is 0.351 e. The van der Waals surface area contributed by atoms with Crippen LogP contribution >= 0.6 is 0 Å². The Hall–Kier alpha value is -2.74. The van der Waals surface area contributed by atoms with Gasteiger partial charge < -0.3 is 16.0 Å². The van der Waals surface area contributed by atoms with Gasteiger partial charge in [0.05, 0.1) is 5.52 Å². The fourth-order valence-electron chi connectivity index (χ4n) is 3.99. The van der Waals surface area contributed by atoms with Crippen molar-refractivity contribution in [2.24, 2.45) is 0 Å². The Bertz CT molecular complexity index is 974. The molecule has 8 heteroatoms. The molecule has 29 heavy (non-hydrogen) atoms. The Balaban J connectivity index is 1.65. The lowest BCUT2D eigenvalue weighted by Crippen LogP contribution is -2.49. The lowest BCUT2D eigenvalue weighted by Gasteiger charge is -2.36. The number of halogens is 1. The number of nitrogens with zero attached hydrogens (tertiary/aromatic N) is 3. The van der Waals surface area contributed by atoms with Crippen molar-refractivity contribution in [3.63, 3.8) is 0 Å². The van der Waals surface area contributed by atoms with E-state index in [0.29, 0.717) is 35.2 Å². The smallest absolute Gasteiger partial charge is 0.225 e. The molecule has 3 aromatic rings. The minimum atomic E-state index is -0.317. The van der Waals surface area contributed by atoms with Crippen molar-refractivity contribution in [2.75, 3.05) is 10.6 Å². The minimum Gasteiger partial charge on any atom is -0.351 e. The number of hydrogen-bond acceptors (Lipinski definition) is 6. The third-order valence-corrected chi connectivity index (χ3v) is 5.54. The van der Waals surface area contributed by atoms with Crippen LogP contribution in [0.3, 0.4) is 0 Å². The van der Waals surface area contributed by atoms with Crippen molar-refractivity contribution in [1.29, 1.82) is 0 Å². The third-order valence-electron chi connectivity index (χ3n) is 5.54. The molecule has 2 unspecified atom stereocenters. The third kappa shape index (κ3) is 4.48. The van der Waals surface area contributed by atoms with E-state index >= 15 is 0 Å². The molecule has 0 amide bonds. The van der Waals surface area contributed by atoms with Crippen LogP contribution in [0.25, 0.3) is 10.9 Å². The fraction of sp³-hybridized carbons (Fsp3) is 0.476. The van der Waals surface area contributed by atoms with E-state index in [1.54, 1.807) is 6.07 Å². The SMILES string of the molecule is CCC1CC(Nc2nc(Nc3cc(C)[nH]n3)c3ccc(F)cc3n2)C[C@H](CC)N1. The van der Waals surface area contributed by atoms with Crippen LogP contribution in [0.1, 0.15) is 45.2 Å². The van der Waals surface area contributed by atoms with E-state index in [0.717, 1.165) is 36.8 Å². The molecule has 154 valence electrons. The molecule has 7 nitrogen and oxygen atoms in total. The molecular formula is C21H28FN7. The fourth-order valence-corrected chi connectivity index (χ4v) is 3.99. The molecule has 1 fully saturated rings. The van der Waals surface area contributed by atoms with Crippen LogP contribution in [0.15, 0.2) is 24.3 Å². The minimum absolute atomic E-state index is 0.276. The summed E-state index contributed by atoms with van der Waals surface area (Å²) in [4.78, 5) is 9.29. The normalized spacial score (nSPS) is 22.0. The summed E-state index contributed by atoms with van der Waals surface area (Å²) in [5, 5.41) is 18.3. The quantitative estimate of drug-likeness (QED) is 0.497. The second-order valence-electron chi connectivity index (χ2n) is 7.81. The predicted molar refractivity (Wildman–Crippen MR) is 114 cm³/mol. The summed E-state index contributed by atoms with van der Waals surface area (Å²) in [5.74, 6) is 1.46. The molecular weight excluding hydrogens is 369 g/mol. The van der Waals surface area contributed by atoms with Gasteiger partial charge in [0.15, 0.2) is 5.82 Å². The summed E-state index contributed by atoms with van der Waals surface area (Å²) in [7, 11) is 0. The molecule has 0 radical (unpaired) electrons. The number of hydrogen-bond donors (Lipinski definition) is 4. The van der Waals surface area contributed by atoms with E-state index in [2.05, 4.69) is 45.0 Å². The molecule has 0 saturated carbocycles. The molecule has 0 aliphatic carbocycles. The number of H-pyrrole nitrogens is 1. The van der Waals surface area contributed by atoms with Crippen LogP contribution in [0.2, 0.25) is 0 Å². The average Bonchev–Trinajstić information content (AvgIpc) is 3.11. The van der Waals surface area contributed by atoms with Crippen LogP contribution in [-0.4, -0.2) is 38.3 Å².